The first-order valence-electron chi connectivity index (χ1n) is 1.62. The van der Waals surface area contributed by atoms with Crippen LogP contribution < -0.4 is 0 Å². The van der Waals surface area contributed by atoms with Crippen LogP contribution in [0.1, 0.15) is 0 Å². The Hall–Kier alpha value is 0.132. The van der Waals surface area contributed by atoms with Crippen molar-refractivity contribution >= 4 is 0 Å². The van der Waals surface area contributed by atoms with Crippen LogP contribution in [-0.4, -0.2) is 9.97 Å². The largest absolute Gasteiger partial charge is 0.456 e. The van der Waals surface area contributed by atoms with Gasteiger partial charge in [0, 0.05) is 31.1 Å². The molecule has 0 aliphatic heterocycles. The average Bonchev–Trinajstić information content (AvgIpc) is 1.72. The minimum Gasteiger partial charge on any atom is -0.456 e. The summed E-state index contributed by atoms with van der Waals surface area (Å²) < 4.78 is 0. The van der Waals surface area contributed by atoms with Crippen LogP contribution >= 0.6 is 0 Å². The van der Waals surface area contributed by atoms with Crippen molar-refractivity contribution in [1.82, 2.24) is 9.97 Å². The maximum absolute atomic E-state index is 3.67. The minimum atomic E-state index is 0. The molecule has 1 aromatic rings. The monoisotopic (exact) mass is 317 g/mol. The zero-order valence-electron chi connectivity index (χ0n) is 3.63. The summed E-state index contributed by atoms with van der Waals surface area (Å²) in [4.78, 5) is 7.26. The molecular weight excluding hydrogens is 314 g/mol. The SMILES string of the molecule is [U].[c-]1cnccn1. The molecule has 1 aromatic heterocycles. The number of aromatic nitrogens is 2. The van der Waals surface area contributed by atoms with Crippen LogP contribution in [0.2, 0.25) is 0 Å². The van der Waals surface area contributed by atoms with Crippen molar-refractivity contribution in [3.8, 4) is 0 Å². The van der Waals surface area contributed by atoms with E-state index < -0.39 is 0 Å². The minimum absolute atomic E-state index is 0. The van der Waals surface area contributed by atoms with E-state index >= 15 is 0 Å². The van der Waals surface area contributed by atoms with Crippen molar-refractivity contribution in [3.05, 3.63) is 24.8 Å². The summed E-state index contributed by atoms with van der Waals surface area (Å²) in [5.74, 6) is 0. The van der Waals surface area contributed by atoms with Crippen LogP contribution in [0.4, 0.5) is 0 Å². The Bertz CT molecular complexity index is 81.6. The molecule has 0 amide bonds. The first kappa shape index (κ1) is 7.13. The number of hydrogen-bond acceptors (Lipinski definition) is 2. The molecule has 2 nitrogen and oxygen atoms in total. The van der Waals surface area contributed by atoms with Gasteiger partial charge in [0.05, 0.1) is 0 Å². The molecule has 0 aliphatic rings. The van der Waals surface area contributed by atoms with Crippen molar-refractivity contribution in [2.24, 2.45) is 0 Å². The van der Waals surface area contributed by atoms with E-state index in [-0.39, 0.29) is 31.1 Å². The first-order chi connectivity index (χ1) is 3.00. The van der Waals surface area contributed by atoms with Gasteiger partial charge in [-0.3, -0.25) is 0 Å². The standard InChI is InChI=1S/C4H3N2.U/c1-2-6-4-3-5-1;/h1-3H;/q-1;. The molecule has 1 rings (SSSR count). The third kappa shape index (κ3) is 2.78. The van der Waals surface area contributed by atoms with E-state index in [9.17, 15) is 0 Å². The fraction of sp³-hybridized carbons (Fsp3) is 0. The van der Waals surface area contributed by atoms with Gasteiger partial charge in [0.2, 0.25) is 0 Å². The van der Waals surface area contributed by atoms with E-state index in [4.69, 9.17) is 0 Å². The third-order valence-corrected chi connectivity index (χ3v) is 0.434. The summed E-state index contributed by atoms with van der Waals surface area (Å²) >= 11 is 0. The predicted molar refractivity (Wildman–Crippen MR) is 20.9 cm³/mol. The van der Waals surface area contributed by atoms with E-state index in [2.05, 4.69) is 16.2 Å². The number of rotatable bonds is 0. The van der Waals surface area contributed by atoms with E-state index in [1.807, 2.05) is 0 Å². The molecule has 0 aliphatic carbocycles. The molecule has 0 atom stereocenters. The van der Waals surface area contributed by atoms with Gasteiger partial charge in [-0.15, -0.1) is 12.4 Å². The Morgan fingerprint density at radius 1 is 1.29 bits per heavy atom. The summed E-state index contributed by atoms with van der Waals surface area (Å²) in [6, 6.07) is 0. The van der Waals surface area contributed by atoms with Crippen molar-refractivity contribution in [3.63, 3.8) is 0 Å². The fourth-order valence-electron chi connectivity index (χ4n) is 0.225. The average molecular weight is 317 g/mol. The summed E-state index contributed by atoms with van der Waals surface area (Å²) in [7, 11) is 0. The zero-order chi connectivity index (χ0) is 4.24. The van der Waals surface area contributed by atoms with Crippen LogP contribution in [-0.2, 0) is 0 Å². The molecule has 34 valence electrons. The smallest absolute Gasteiger partial charge is 0 e. The summed E-state index contributed by atoms with van der Waals surface area (Å²) in [6.45, 7) is 0. The topological polar surface area (TPSA) is 25.8 Å². The van der Waals surface area contributed by atoms with Gasteiger partial charge in [0.15, 0.2) is 0 Å². The summed E-state index contributed by atoms with van der Waals surface area (Å²) in [5.41, 5.74) is 0. The molecule has 0 bridgehead atoms. The van der Waals surface area contributed by atoms with Gasteiger partial charge in [-0.1, -0.05) is 0 Å². The molecule has 1 heterocycles. The van der Waals surface area contributed by atoms with Crippen molar-refractivity contribution in [2.75, 3.05) is 0 Å². The van der Waals surface area contributed by atoms with Crippen molar-refractivity contribution in [2.45, 2.75) is 0 Å². The van der Waals surface area contributed by atoms with Crippen LogP contribution in [0, 0.1) is 37.3 Å². The molecular formula is C4H3N2U-. The second-order valence-electron chi connectivity index (χ2n) is 0.835. The Kier molecular flexibility index (Phi) is 4.38. The Labute approximate surface area is 65.8 Å². The zero-order valence-corrected chi connectivity index (χ0v) is 7.79. The van der Waals surface area contributed by atoms with Gasteiger partial charge in [-0.25, -0.2) is 0 Å². The Balaban J connectivity index is 0.000000360. The van der Waals surface area contributed by atoms with Gasteiger partial charge >= 0.3 is 0 Å². The van der Waals surface area contributed by atoms with Gasteiger partial charge < -0.3 is 9.97 Å². The first-order valence-corrected chi connectivity index (χ1v) is 1.62. The van der Waals surface area contributed by atoms with Gasteiger partial charge in [-0.05, 0) is 12.4 Å². The molecule has 0 unspecified atom stereocenters. The molecule has 3 heteroatoms. The summed E-state index contributed by atoms with van der Waals surface area (Å²) in [6.07, 6.45) is 7.24. The Morgan fingerprint density at radius 3 is 2.29 bits per heavy atom. The second-order valence-corrected chi connectivity index (χ2v) is 0.835. The molecule has 0 N–H and O–H groups in total. The molecule has 0 saturated heterocycles. The van der Waals surface area contributed by atoms with E-state index in [0.29, 0.717) is 0 Å². The normalized spacial score (nSPS) is 6.86. The molecule has 0 radical (unpaired) electrons. The van der Waals surface area contributed by atoms with Crippen molar-refractivity contribution < 1.29 is 31.1 Å². The molecule has 0 saturated carbocycles. The number of nitrogens with zero attached hydrogens (tertiary/aromatic N) is 2. The number of hydrogen-bond donors (Lipinski definition) is 0. The molecule has 7 heavy (non-hydrogen) atoms. The summed E-state index contributed by atoms with van der Waals surface area (Å²) in [5, 5.41) is 0. The van der Waals surface area contributed by atoms with Crippen LogP contribution in [0.5, 0.6) is 0 Å². The van der Waals surface area contributed by atoms with Gasteiger partial charge in [-0.2, -0.15) is 0 Å². The Morgan fingerprint density at radius 2 is 2.14 bits per heavy atom. The van der Waals surface area contributed by atoms with E-state index in [0.717, 1.165) is 0 Å². The van der Waals surface area contributed by atoms with Crippen LogP contribution in [0.25, 0.3) is 0 Å². The third-order valence-electron chi connectivity index (χ3n) is 0.434. The van der Waals surface area contributed by atoms with E-state index in [1.165, 1.54) is 6.20 Å². The van der Waals surface area contributed by atoms with Crippen molar-refractivity contribution in [1.29, 1.82) is 0 Å². The van der Waals surface area contributed by atoms with Crippen LogP contribution in [0.15, 0.2) is 18.6 Å². The van der Waals surface area contributed by atoms with Crippen LogP contribution in [0.3, 0.4) is 0 Å². The fourth-order valence-corrected chi connectivity index (χ4v) is 0.225. The molecule has 0 spiro atoms. The molecule has 0 aromatic carbocycles. The quantitative estimate of drug-likeness (QED) is 0.642. The molecule has 0 fully saturated rings. The maximum Gasteiger partial charge on any atom is 0 e. The predicted octanol–water partition coefficient (Wildman–Crippen LogP) is 0.277. The second kappa shape index (κ2) is 4.30. The van der Waals surface area contributed by atoms with Gasteiger partial charge in [0.1, 0.15) is 0 Å². The van der Waals surface area contributed by atoms with Gasteiger partial charge in [0.25, 0.3) is 0 Å². The van der Waals surface area contributed by atoms with E-state index in [1.54, 1.807) is 12.4 Å². The maximum atomic E-state index is 3.67.